The summed E-state index contributed by atoms with van der Waals surface area (Å²) in [6.07, 6.45) is 1.25. The Hall–Kier alpha value is -1.68. The first-order valence-corrected chi connectivity index (χ1v) is 8.86. The molecule has 0 aliphatic carbocycles. The van der Waals surface area contributed by atoms with Crippen LogP contribution in [0.5, 0.6) is 0 Å². The van der Waals surface area contributed by atoms with Gasteiger partial charge in [-0.3, -0.25) is 4.90 Å². The van der Waals surface area contributed by atoms with Crippen LogP contribution in [0.1, 0.15) is 23.1 Å². The van der Waals surface area contributed by atoms with Gasteiger partial charge in [0, 0.05) is 19.6 Å². The number of hydrogen-bond acceptors (Lipinski definition) is 3. The first kappa shape index (κ1) is 17.2. The zero-order valence-electron chi connectivity index (χ0n) is 14.8. The van der Waals surface area contributed by atoms with E-state index in [2.05, 4.69) is 54.1 Å². The largest absolute Gasteiger partial charge is 0.392 e. The monoisotopic (exact) mass is 324 g/mol. The molecule has 0 saturated carbocycles. The van der Waals surface area contributed by atoms with E-state index in [-0.39, 0.29) is 6.61 Å². The average molecular weight is 324 g/mol. The van der Waals surface area contributed by atoms with E-state index < -0.39 is 0 Å². The molecule has 0 spiro atoms. The molecule has 0 atom stereocenters. The fourth-order valence-electron chi connectivity index (χ4n) is 3.45. The minimum Gasteiger partial charge on any atom is -0.392 e. The van der Waals surface area contributed by atoms with Crippen LogP contribution in [0.2, 0.25) is 0 Å². The molecule has 0 bridgehead atoms. The summed E-state index contributed by atoms with van der Waals surface area (Å²) in [5.41, 5.74) is 6.16. The molecule has 2 aromatic carbocycles. The lowest BCUT2D eigenvalue weighted by molar-refractivity contribution is 0.269. The predicted octanol–water partition coefficient (Wildman–Crippen LogP) is 3.29. The smallest absolute Gasteiger partial charge is 0.0681 e. The van der Waals surface area contributed by atoms with Crippen LogP contribution in [0, 0.1) is 6.92 Å². The topological polar surface area (TPSA) is 26.7 Å². The normalized spacial score (nSPS) is 17.0. The van der Waals surface area contributed by atoms with Crippen molar-refractivity contribution in [1.29, 1.82) is 0 Å². The summed E-state index contributed by atoms with van der Waals surface area (Å²) in [6.45, 7) is 8.04. The Morgan fingerprint density at radius 3 is 2.38 bits per heavy atom. The molecule has 0 amide bonds. The van der Waals surface area contributed by atoms with Crippen molar-refractivity contribution in [3.8, 4) is 11.1 Å². The van der Waals surface area contributed by atoms with Gasteiger partial charge in [-0.1, -0.05) is 42.5 Å². The molecule has 0 aromatic heterocycles. The first-order valence-electron chi connectivity index (χ1n) is 8.86. The molecule has 1 saturated heterocycles. The molecule has 128 valence electrons. The molecular formula is C21H28N2O. The number of nitrogens with zero attached hydrogens (tertiary/aromatic N) is 2. The van der Waals surface area contributed by atoms with Crippen molar-refractivity contribution in [3.63, 3.8) is 0 Å². The molecule has 0 unspecified atom stereocenters. The van der Waals surface area contributed by atoms with Crippen molar-refractivity contribution in [2.24, 2.45) is 0 Å². The average Bonchev–Trinajstić information content (AvgIpc) is 2.80. The summed E-state index contributed by atoms with van der Waals surface area (Å²) in [5.74, 6) is 0. The van der Waals surface area contributed by atoms with Gasteiger partial charge < -0.3 is 10.0 Å². The van der Waals surface area contributed by atoms with E-state index in [9.17, 15) is 5.11 Å². The highest BCUT2D eigenvalue weighted by Gasteiger charge is 2.13. The van der Waals surface area contributed by atoms with Crippen LogP contribution < -0.4 is 0 Å². The number of hydrogen-bond donors (Lipinski definition) is 1. The molecular weight excluding hydrogens is 296 g/mol. The Morgan fingerprint density at radius 2 is 1.67 bits per heavy atom. The van der Waals surface area contributed by atoms with Crippen LogP contribution in [0.15, 0.2) is 42.5 Å². The van der Waals surface area contributed by atoms with Crippen LogP contribution in [-0.4, -0.2) is 48.1 Å². The van der Waals surface area contributed by atoms with Crippen LogP contribution >= 0.6 is 0 Å². The lowest BCUT2D eigenvalue weighted by Crippen LogP contribution is -2.28. The predicted molar refractivity (Wildman–Crippen MR) is 99.9 cm³/mol. The van der Waals surface area contributed by atoms with Crippen molar-refractivity contribution >= 4 is 0 Å². The molecule has 1 fully saturated rings. The quantitative estimate of drug-likeness (QED) is 0.935. The third-order valence-corrected chi connectivity index (χ3v) is 4.96. The van der Waals surface area contributed by atoms with E-state index in [1.54, 1.807) is 0 Å². The van der Waals surface area contributed by atoms with Gasteiger partial charge in [0.25, 0.3) is 0 Å². The zero-order chi connectivity index (χ0) is 16.9. The van der Waals surface area contributed by atoms with Crippen LogP contribution in [0.25, 0.3) is 11.1 Å². The Balaban J connectivity index is 1.72. The van der Waals surface area contributed by atoms with E-state index in [1.165, 1.54) is 41.8 Å². The SMILES string of the molecule is Cc1cc(CN2CCCN(C)CC2)ccc1-c1ccc(CO)cc1. The van der Waals surface area contributed by atoms with Crippen molar-refractivity contribution < 1.29 is 5.11 Å². The molecule has 3 heteroatoms. The zero-order valence-corrected chi connectivity index (χ0v) is 14.8. The highest BCUT2D eigenvalue weighted by molar-refractivity contribution is 5.67. The minimum absolute atomic E-state index is 0.100. The van der Waals surface area contributed by atoms with E-state index in [0.29, 0.717) is 0 Å². The highest BCUT2D eigenvalue weighted by atomic mass is 16.3. The lowest BCUT2D eigenvalue weighted by atomic mass is 9.97. The molecule has 1 aliphatic rings. The summed E-state index contributed by atoms with van der Waals surface area (Å²) in [4.78, 5) is 4.98. The van der Waals surface area contributed by atoms with Gasteiger partial charge in [0.15, 0.2) is 0 Å². The summed E-state index contributed by atoms with van der Waals surface area (Å²) < 4.78 is 0. The molecule has 2 aromatic rings. The van der Waals surface area contributed by atoms with E-state index in [0.717, 1.165) is 25.2 Å². The van der Waals surface area contributed by atoms with Crippen molar-refractivity contribution in [2.45, 2.75) is 26.5 Å². The fourth-order valence-corrected chi connectivity index (χ4v) is 3.45. The van der Waals surface area contributed by atoms with Gasteiger partial charge in [-0.15, -0.1) is 0 Å². The summed E-state index contributed by atoms with van der Waals surface area (Å²) in [6, 6.07) is 15.0. The Bertz CT molecular complexity index is 666. The molecule has 3 rings (SSSR count). The maximum Gasteiger partial charge on any atom is 0.0681 e. The number of aliphatic hydroxyl groups excluding tert-OH is 1. The fraction of sp³-hybridized carbons (Fsp3) is 0.429. The number of aliphatic hydroxyl groups is 1. The Labute approximate surface area is 145 Å². The van der Waals surface area contributed by atoms with Gasteiger partial charge in [-0.2, -0.15) is 0 Å². The number of aryl methyl sites for hydroxylation is 1. The highest BCUT2D eigenvalue weighted by Crippen LogP contribution is 2.25. The van der Waals surface area contributed by atoms with Gasteiger partial charge in [0.05, 0.1) is 6.61 Å². The third-order valence-electron chi connectivity index (χ3n) is 4.96. The number of rotatable bonds is 4. The third kappa shape index (κ3) is 4.23. The maximum absolute atomic E-state index is 9.17. The van der Waals surface area contributed by atoms with Gasteiger partial charge >= 0.3 is 0 Å². The van der Waals surface area contributed by atoms with E-state index in [1.807, 2.05) is 12.1 Å². The van der Waals surface area contributed by atoms with Crippen molar-refractivity contribution in [1.82, 2.24) is 9.80 Å². The molecule has 1 N–H and O–H groups in total. The van der Waals surface area contributed by atoms with Gasteiger partial charge in [-0.05, 0) is 61.3 Å². The maximum atomic E-state index is 9.17. The second kappa shape index (κ2) is 7.93. The van der Waals surface area contributed by atoms with Crippen molar-refractivity contribution in [2.75, 3.05) is 33.2 Å². The lowest BCUT2D eigenvalue weighted by Gasteiger charge is -2.20. The molecule has 3 nitrogen and oxygen atoms in total. The second-order valence-electron chi connectivity index (χ2n) is 6.94. The summed E-state index contributed by atoms with van der Waals surface area (Å²) in [7, 11) is 2.21. The van der Waals surface area contributed by atoms with Gasteiger partial charge in [0.1, 0.15) is 0 Å². The minimum atomic E-state index is 0.100. The second-order valence-corrected chi connectivity index (χ2v) is 6.94. The van der Waals surface area contributed by atoms with E-state index in [4.69, 9.17) is 0 Å². The van der Waals surface area contributed by atoms with Crippen LogP contribution in [-0.2, 0) is 13.2 Å². The van der Waals surface area contributed by atoms with Crippen LogP contribution in [0.3, 0.4) is 0 Å². The Morgan fingerprint density at radius 1 is 0.917 bits per heavy atom. The summed E-state index contributed by atoms with van der Waals surface area (Å²) >= 11 is 0. The first-order chi connectivity index (χ1) is 11.7. The number of likely N-dealkylation sites (N-methyl/N-ethyl adjacent to an activating group) is 1. The van der Waals surface area contributed by atoms with Gasteiger partial charge in [0.2, 0.25) is 0 Å². The molecule has 1 heterocycles. The van der Waals surface area contributed by atoms with Gasteiger partial charge in [-0.25, -0.2) is 0 Å². The van der Waals surface area contributed by atoms with Crippen molar-refractivity contribution in [3.05, 3.63) is 59.2 Å². The standard InChI is InChI=1S/C21H28N2O/c1-17-14-19(15-23-11-3-10-22(2)12-13-23)6-9-21(17)20-7-4-18(16-24)5-8-20/h4-9,14,24H,3,10-13,15-16H2,1-2H3. The van der Waals surface area contributed by atoms with E-state index >= 15 is 0 Å². The molecule has 1 aliphatic heterocycles. The number of benzene rings is 2. The molecule has 24 heavy (non-hydrogen) atoms. The van der Waals surface area contributed by atoms with Crippen LogP contribution in [0.4, 0.5) is 0 Å². The summed E-state index contributed by atoms with van der Waals surface area (Å²) in [5, 5.41) is 9.17. The molecule has 0 radical (unpaired) electrons. The Kier molecular flexibility index (Phi) is 5.67.